The minimum Gasteiger partial charge on any atom is -0.466 e. The van der Waals surface area contributed by atoms with Crippen molar-refractivity contribution in [2.45, 2.75) is 33.2 Å². The summed E-state index contributed by atoms with van der Waals surface area (Å²) in [6.45, 7) is 7.49. The second-order valence-electron chi connectivity index (χ2n) is 5.29. The summed E-state index contributed by atoms with van der Waals surface area (Å²) in [6.07, 6.45) is 1.90. The number of hydrogen-bond acceptors (Lipinski definition) is 4. The summed E-state index contributed by atoms with van der Waals surface area (Å²) in [6, 6.07) is 4.13. The van der Waals surface area contributed by atoms with Gasteiger partial charge < -0.3 is 15.0 Å². The molecule has 2 heterocycles. The Morgan fingerprint density at radius 3 is 3.00 bits per heavy atom. The zero-order valence-electron chi connectivity index (χ0n) is 13.8. The number of likely N-dealkylation sites (tertiary alicyclic amines) is 1. The SMILES string of the molecule is CCNC(=NCc1cccs1)N1CCCC(C(=O)OCC)C1.I. The Hall–Kier alpha value is -0.830. The van der Waals surface area contributed by atoms with Crippen molar-refractivity contribution in [2.24, 2.45) is 10.9 Å². The Balaban J connectivity index is 0.00000264. The number of thiophene rings is 1. The summed E-state index contributed by atoms with van der Waals surface area (Å²) in [4.78, 5) is 20.1. The van der Waals surface area contributed by atoms with Crippen LogP contribution in [-0.2, 0) is 16.1 Å². The Kier molecular flexibility index (Phi) is 9.54. The minimum absolute atomic E-state index is 0. The van der Waals surface area contributed by atoms with Gasteiger partial charge in [-0.2, -0.15) is 0 Å². The van der Waals surface area contributed by atoms with E-state index in [4.69, 9.17) is 9.73 Å². The highest BCUT2D eigenvalue weighted by molar-refractivity contribution is 14.0. The lowest BCUT2D eigenvalue weighted by molar-refractivity contribution is -0.149. The fraction of sp³-hybridized carbons (Fsp3) is 0.625. The molecule has 0 spiro atoms. The third kappa shape index (κ3) is 6.29. The maximum atomic E-state index is 12.0. The van der Waals surface area contributed by atoms with Gasteiger partial charge in [0.05, 0.1) is 19.1 Å². The molecule has 5 nitrogen and oxygen atoms in total. The van der Waals surface area contributed by atoms with Gasteiger partial charge in [0.1, 0.15) is 0 Å². The van der Waals surface area contributed by atoms with Gasteiger partial charge in [0, 0.05) is 24.5 Å². The molecule has 1 aliphatic rings. The van der Waals surface area contributed by atoms with Gasteiger partial charge in [-0.25, -0.2) is 4.99 Å². The average molecular weight is 451 g/mol. The highest BCUT2D eigenvalue weighted by atomic mass is 127. The van der Waals surface area contributed by atoms with E-state index in [1.54, 1.807) is 11.3 Å². The van der Waals surface area contributed by atoms with Gasteiger partial charge in [0.2, 0.25) is 0 Å². The van der Waals surface area contributed by atoms with Crippen LogP contribution in [0.25, 0.3) is 0 Å². The van der Waals surface area contributed by atoms with Crippen molar-refractivity contribution in [2.75, 3.05) is 26.2 Å². The maximum absolute atomic E-state index is 12.0. The third-order valence-electron chi connectivity index (χ3n) is 3.64. The molecule has 1 unspecified atom stereocenters. The van der Waals surface area contributed by atoms with Gasteiger partial charge in [-0.05, 0) is 38.1 Å². The van der Waals surface area contributed by atoms with Gasteiger partial charge in [-0.15, -0.1) is 35.3 Å². The summed E-state index contributed by atoms with van der Waals surface area (Å²) in [5.41, 5.74) is 0. The van der Waals surface area contributed by atoms with E-state index in [0.29, 0.717) is 19.7 Å². The van der Waals surface area contributed by atoms with E-state index < -0.39 is 0 Å². The molecule has 23 heavy (non-hydrogen) atoms. The van der Waals surface area contributed by atoms with Gasteiger partial charge in [-0.3, -0.25) is 4.79 Å². The molecule has 1 aromatic rings. The molecule has 7 heteroatoms. The predicted octanol–water partition coefficient (Wildman–Crippen LogP) is 3.11. The van der Waals surface area contributed by atoms with Crippen LogP contribution < -0.4 is 5.32 Å². The Labute approximate surface area is 159 Å². The highest BCUT2D eigenvalue weighted by Crippen LogP contribution is 2.18. The van der Waals surface area contributed by atoms with Crippen molar-refractivity contribution in [1.29, 1.82) is 0 Å². The monoisotopic (exact) mass is 451 g/mol. The standard InChI is InChI=1S/C16H25N3O2S.HI/c1-3-17-16(18-11-14-8-6-10-22-14)19-9-5-7-13(12-19)15(20)21-4-2;/h6,8,10,13H,3-5,7,9,11-12H2,1-2H3,(H,17,18);1H. The number of aliphatic imine (C=N–C) groups is 1. The van der Waals surface area contributed by atoms with Crippen molar-refractivity contribution in [3.8, 4) is 0 Å². The van der Waals surface area contributed by atoms with Crippen molar-refractivity contribution >= 4 is 47.2 Å². The average Bonchev–Trinajstić information content (AvgIpc) is 3.05. The first kappa shape index (κ1) is 20.2. The van der Waals surface area contributed by atoms with Crippen molar-refractivity contribution < 1.29 is 9.53 Å². The van der Waals surface area contributed by atoms with E-state index in [2.05, 4.69) is 28.6 Å². The molecular formula is C16H26IN3O2S. The van der Waals surface area contributed by atoms with E-state index in [1.807, 2.05) is 13.0 Å². The molecule has 130 valence electrons. The lowest BCUT2D eigenvalue weighted by atomic mass is 9.98. The van der Waals surface area contributed by atoms with Gasteiger partial charge >= 0.3 is 5.97 Å². The van der Waals surface area contributed by atoms with Gasteiger partial charge in [0.25, 0.3) is 0 Å². The molecule has 0 aromatic carbocycles. The van der Waals surface area contributed by atoms with Crippen LogP contribution in [0.5, 0.6) is 0 Å². The Morgan fingerprint density at radius 1 is 1.52 bits per heavy atom. The lowest BCUT2D eigenvalue weighted by Crippen LogP contribution is -2.48. The topological polar surface area (TPSA) is 53.9 Å². The van der Waals surface area contributed by atoms with Crippen LogP contribution in [0.15, 0.2) is 22.5 Å². The van der Waals surface area contributed by atoms with Crippen LogP contribution in [0.1, 0.15) is 31.6 Å². The summed E-state index contributed by atoms with van der Waals surface area (Å²) in [7, 11) is 0. The number of ether oxygens (including phenoxy) is 1. The van der Waals surface area contributed by atoms with E-state index in [9.17, 15) is 4.79 Å². The first-order valence-electron chi connectivity index (χ1n) is 7.96. The number of rotatable bonds is 5. The van der Waals surface area contributed by atoms with Crippen LogP contribution in [0.2, 0.25) is 0 Å². The second-order valence-corrected chi connectivity index (χ2v) is 6.32. The molecule has 1 aliphatic heterocycles. The van der Waals surface area contributed by atoms with Crippen LogP contribution >= 0.6 is 35.3 Å². The molecule has 0 saturated carbocycles. The van der Waals surface area contributed by atoms with E-state index in [-0.39, 0.29) is 35.9 Å². The number of hydrogen-bond donors (Lipinski definition) is 1. The number of nitrogens with zero attached hydrogens (tertiary/aromatic N) is 2. The molecule has 1 aromatic heterocycles. The van der Waals surface area contributed by atoms with E-state index >= 15 is 0 Å². The third-order valence-corrected chi connectivity index (χ3v) is 4.50. The number of carbonyl (C=O) groups is 1. The molecule has 1 atom stereocenters. The molecule has 0 aliphatic carbocycles. The molecule has 2 rings (SSSR count). The van der Waals surface area contributed by atoms with Crippen molar-refractivity contribution in [3.63, 3.8) is 0 Å². The number of halogens is 1. The minimum atomic E-state index is -0.0821. The van der Waals surface area contributed by atoms with Crippen LogP contribution in [0.4, 0.5) is 0 Å². The maximum Gasteiger partial charge on any atom is 0.310 e. The molecule has 0 amide bonds. The van der Waals surface area contributed by atoms with Crippen molar-refractivity contribution in [1.82, 2.24) is 10.2 Å². The quantitative estimate of drug-likeness (QED) is 0.324. The van der Waals surface area contributed by atoms with Crippen LogP contribution in [0.3, 0.4) is 0 Å². The number of nitrogens with one attached hydrogen (secondary N) is 1. The summed E-state index contributed by atoms with van der Waals surface area (Å²) in [5, 5.41) is 5.40. The van der Waals surface area contributed by atoms with E-state index in [0.717, 1.165) is 31.9 Å². The summed E-state index contributed by atoms with van der Waals surface area (Å²) < 4.78 is 5.16. The fourth-order valence-electron chi connectivity index (χ4n) is 2.60. The second kappa shape index (κ2) is 10.9. The molecule has 1 saturated heterocycles. The molecule has 1 fully saturated rings. The number of carbonyl (C=O) groups excluding carboxylic acids is 1. The highest BCUT2D eigenvalue weighted by Gasteiger charge is 2.28. The van der Waals surface area contributed by atoms with Gasteiger partial charge in [0.15, 0.2) is 5.96 Å². The molecular weight excluding hydrogens is 425 g/mol. The van der Waals surface area contributed by atoms with Crippen LogP contribution in [0, 0.1) is 5.92 Å². The number of piperidine rings is 1. The largest absolute Gasteiger partial charge is 0.466 e. The normalized spacial score (nSPS) is 18.3. The smallest absolute Gasteiger partial charge is 0.310 e. The first-order chi connectivity index (χ1) is 10.7. The number of esters is 1. The summed E-state index contributed by atoms with van der Waals surface area (Å²) in [5.74, 6) is 0.769. The molecule has 0 radical (unpaired) electrons. The lowest BCUT2D eigenvalue weighted by Gasteiger charge is -2.34. The summed E-state index contributed by atoms with van der Waals surface area (Å²) >= 11 is 1.71. The molecule has 0 bridgehead atoms. The fourth-order valence-corrected chi connectivity index (χ4v) is 3.23. The van der Waals surface area contributed by atoms with Gasteiger partial charge in [-0.1, -0.05) is 6.07 Å². The number of guanidine groups is 1. The van der Waals surface area contributed by atoms with Crippen molar-refractivity contribution in [3.05, 3.63) is 22.4 Å². The Morgan fingerprint density at radius 2 is 2.35 bits per heavy atom. The Bertz CT molecular complexity index is 494. The first-order valence-corrected chi connectivity index (χ1v) is 8.84. The molecule has 1 N–H and O–H groups in total. The predicted molar refractivity (Wildman–Crippen MR) is 105 cm³/mol. The zero-order valence-corrected chi connectivity index (χ0v) is 16.9. The zero-order chi connectivity index (χ0) is 15.8. The van der Waals surface area contributed by atoms with E-state index in [1.165, 1.54) is 4.88 Å². The van der Waals surface area contributed by atoms with Crippen LogP contribution in [-0.4, -0.2) is 43.1 Å².